The second-order valence-electron chi connectivity index (χ2n) is 5.91. The fourth-order valence-corrected chi connectivity index (χ4v) is 3.56. The monoisotopic (exact) mass is 310 g/mol. The van der Waals surface area contributed by atoms with E-state index in [2.05, 4.69) is 34.1 Å². The predicted molar refractivity (Wildman–Crippen MR) is 89.9 cm³/mol. The Morgan fingerprint density at radius 3 is 2.95 bits per heavy atom. The van der Waals surface area contributed by atoms with Crippen LogP contribution in [0, 0.1) is 0 Å². The standard InChI is InChI=1S/C18H18N2OS/c21-18(11-16-2-1-9-22-16)20(15-4-5-15)12-13-3-6-17-14(10-13)7-8-19-17/h1-3,6-10,15,19H,4-5,11-12H2. The van der Waals surface area contributed by atoms with Gasteiger partial charge in [-0.15, -0.1) is 11.3 Å². The van der Waals surface area contributed by atoms with Crippen molar-refractivity contribution in [1.29, 1.82) is 0 Å². The summed E-state index contributed by atoms with van der Waals surface area (Å²) in [7, 11) is 0. The molecule has 0 spiro atoms. The number of benzene rings is 1. The van der Waals surface area contributed by atoms with E-state index in [4.69, 9.17) is 0 Å². The van der Waals surface area contributed by atoms with Crippen molar-refractivity contribution in [2.75, 3.05) is 0 Å². The van der Waals surface area contributed by atoms with Crippen LogP contribution in [0.4, 0.5) is 0 Å². The fraction of sp³-hybridized carbons (Fsp3) is 0.278. The summed E-state index contributed by atoms with van der Waals surface area (Å²) < 4.78 is 0. The third kappa shape index (κ3) is 2.79. The third-order valence-corrected chi connectivity index (χ3v) is 5.06. The molecule has 0 radical (unpaired) electrons. The van der Waals surface area contributed by atoms with Gasteiger partial charge >= 0.3 is 0 Å². The molecule has 3 aromatic rings. The van der Waals surface area contributed by atoms with Crippen LogP contribution >= 0.6 is 11.3 Å². The van der Waals surface area contributed by atoms with Gasteiger partial charge in [-0.25, -0.2) is 0 Å². The molecule has 1 aromatic carbocycles. The van der Waals surface area contributed by atoms with E-state index in [1.165, 1.54) is 10.9 Å². The molecule has 112 valence electrons. The summed E-state index contributed by atoms with van der Waals surface area (Å²) >= 11 is 1.66. The topological polar surface area (TPSA) is 36.1 Å². The van der Waals surface area contributed by atoms with E-state index < -0.39 is 0 Å². The van der Waals surface area contributed by atoms with Gasteiger partial charge in [0.2, 0.25) is 5.91 Å². The Bertz CT molecular complexity index is 786. The Morgan fingerprint density at radius 1 is 1.27 bits per heavy atom. The number of hydrogen-bond donors (Lipinski definition) is 1. The van der Waals surface area contributed by atoms with Gasteiger partial charge in [-0.2, -0.15) is 0 Å². The van der Waals surface area contributed by atoms with E-state index >= 15 is 0 Å². The molecular formula is C18H18N2OS. The number of H-pyrrole nitrogens is 1. The molecule has 2 aromatic heterocycles. The molecule has 0 unspecified atom stereocenters. The molecule has 0 bridgehead atoms. The molecule has 1 amide bonds. The zero-order valence-corrected chi connectivity index (χ0v) is 13.1. The summed E-state index contributed by atoms with van der Waals surface area (Å²) in [4.78, 5) is 19.1. The second-order valence-corrected chi connectivity index (χ2v) is 6.94. The summed E-state index contributed by atoms with van der Waals surface area (Å²) in [6.45, 7) is 0.718. The number of aromatic amines is 1. The Balaban J connectivity index is 1.52. The highest BCUT2D eigenvalue weighted by molar-refractivity contribution is 7.10. The highest BCUT2D eigenvalue weighted by Crippen LogP contribution is 2.30. The van der Waals surface area contributed by atoms with E-state index in [1.807, 2.05) is 23.7 Å². The maximum atomic E-state index is 12.6. The minimum Gasteiger partial charge on any atom is -0.361 e. The van der Waals surface area contributed by atoms with E-state index in [0.717, 1.165) is 29.8 Å². The molecule has 0 saturated heterocycles. The minimum absolute atomic E-state index is 0.249. The molecule has 0 aliphatic heterocycles. The van der Waals surface area contributed by atoms with E-state index in [1.54, 1.807) is 11.3 Å². The van der Waals surface area contributed by atoms with Crippen molar-refractivity contribution in [3.05, 3.63) is 58.4 Å². The van der Waals surface area contributed by atoms with Crippen LogP contribution < -0.4 is 0 Å². The SMILES string of the molecule is O=C(Cc1cccs1)N(Cc1ccc2[nH]ccc2c1)C1CC1. The largest absolute Gasteiger partial charge is 0.361 e. The Labute approximate surface area is 133 Å². The van der Waals surface area contributed by atoms with Crippen LogP contribution in [0.1, 0.15) is 23.3 Å². The van der Waals surface area contributed by atoms with E-state index in [9.17, 15) is 4.79 Å². The number of thiophene rings is 1. The van der Waals surface area contributed by atoms with Crippen molar-refractivity contribution in [1.82, 2.24) is 9.88 Å². The summed E-state index contributed by atoms with van der Waals surface area (Å²) in [6, 6.07) is 13.0. The summed E-state index contributed by atoms with van der Waals surface area (Å²) in [5.74, 6) is 0.249. The van der Waals surface area contributed by atoms with Crippen molar-refractivity contribution < 1.29 is 4.79 Å². The fourth-order valence-electron chi connectivity index (χ4n) is 2.87. The van der Waals surface area contributed by atoms with Gasteiger partial charge in [0.25, 0.3) is 0 Å². The Morgan fingerprint density at radius 2 is 2.18 bits per heavy atom. The van der Waals surface area contributed by atoms with Crippen LogP contribution in [-0.2, 0) is 17.8 Å². The van der Waals surface area contributed by atoms with E-state index in [-0.39, 0.29) is 5.91 Å². The summed E-state index contributed by atoms with van der Waals surface area (Å²) in [5.41, 5.74) is 2.35. The molecule has 1 fully saturated rings. The van der Waals surface area contributed by atoms with Crippen molar-refractivity contribution in [3.63, 3.8) is 0 Å². The molecule has 4 heteroatoms. The first-order valence-electron chi connectivity index (χ1n) is 7.67. The van der Waals surface area contributed by atoms with Crippen LogP contribution in [-0.4, -0.2) is 21.8 Å². The van der Waals surface area contributed by atoms with Crippen LogP contribution in [0.5, 0.6) is 0 Å². The average molecular weight is 310 g/mol. The van der Waals surface area contributed by atoms with Crippen LogP contribution in [0.2, 0.25) is 0 Å². The first kappa shape index (κ1) is 13.6. The van der Waals surface area contributed by atoms with Gasteiger partial charge in [0.1, 0.15) is 0 Å². The lowest BCUT2D eigenvalue weighted by Crippen LogP contribution is -2.33. The molecule has 0 atom stereocenters. The summed E-state index contributed by atoms with van der Waals surface area (Å²) in [5, 5.41) is 3.24. The third-order valence-electron chi connectivity index (χ3n) is 4.18. The molecule has 22 heavy (non-hydrogen) atoms. The maximum Gasteiger partial charge on any atom is 0.228 e. The van der Waals surface area contributed by atoms with Gasteiger partial charge in [-0.3, -0.25) is 4.79 Å². The van der Waals surface area contributed by atoms with Crippen molar-refractivity contribution in [2.45, 2.75) is 31.8 Å². The van der Waals surface area contributed by atoms with Crippen LogP contribution in [0.25, 0.3) is 10.9 Å². The van der Waals surface area contributed by atoms with Gasteiger partial charge in [0.15, 0.2) is 0 Å². The normalized spacial score (nSPS) is 14.4. The number of hydrogen-bond acceptors (Lipinski definition) is 2. The lowest BCUT2D eigenvalue weighted by molar-refractivity contribution is -0.131. The molecule has 3 nitrogen and oxygen atoms in total. The predicted octanol–water partition coefficient (Wildman–Crippen LogP) is 3.96. The minimum atomic E-state index is 0.249. The molecule has 1 N–H and O–H groups in total. The number of rotatable bonds is 5. The van der Waals surface area contributed by atoms with Gasteiger partial charge in [-0.05, 0) is 53.4 Å². The van der Waals surface area contributed by atoms with Crippen LogP contribution in [0.15, 0.2) is 48.0 Å². The quantitative estimate of drug-likeness (QED) is 0.760. The average Bonchev–Trinajstić information content (AvgIpc) is 3.03. The number of carbonyl (C=O) groups excluding carboxylic acids is 1. The highest BCUT2D eigenvalue weighted by atomic mass is 32.1. The zero-order chi connectivity index (χ0) is 14.9. The van der Waals surface area contributed by atoms with Gasteiger partial charge < -0.3 is 9.88 Å². The van der Waals surface area contributed by atoms with Gasteiger partial charge in [-0.1, -0.05) is 12.1 Å². The highest BCUT2D eigenvalue weighted by Gasteiger charge is 2.32. The smallest absolute Gasteiger partial charge is 0.228 e. The number of fused-ring (bicyclic) bond motifs is 1. The van der Waals surface area contributed by atoms with Crippen molar-refractivity contribution in [2.24, 2.45) is 0 Å². The number of carbonyl (C=O) groups is 1. The van der Waals surface area contributed by atoms with Crippen molar-refractivity contribution in [3.8, 4) is 0 Å². The number of amides is 1. The molecule has 1 aliphatic carbocycles. The Hall–Kier alpha value is -2.07. The van der Waals surface area contributed by atoms with Crippen molar-refractivity contribution >= 4 is 28.1 Å². The molecule has 4 rings (SSSR count). The first-order chi connectivity index (χ1) is 10.8. The Kier molecular flexibility index (Phi) is 3.47. The molecular weight excluding hydrogens is 292 g/mol. The van der Waals surface area contributed by atoms with Crippen LogP contribution in [0.3, 0.4) is 0 Å². The molecule has 2 heterocycles. The first-order valence-corrected chi connectivity index (χ1v) is 8.55. The van der Waals surface area contributed by atoms with Gasteiger partial charge in [0.05, 0.1) is 6.42 Å². The van der Waals surface area contributed by atoms with Gasteiger partial charge in [0, 0.05) is 29.2 Å². The lowest BCUT2D eigenvalue weighted by atomic mass is 10.1. The second kappa shape index (κ2) is 5.61. The molecule has 1 aliphatic rings. The number of nitrogens with zero attached hydrogens (tertiary/aromatic N) is 1. The number of aromatic nitrogens is 1. The number of nitrogens with one attached hydrogen (secondary N) is 1. The lowest BCUT2D eigenvalue weighted by Gasteiger charge is -2.22. The summed E-state index contributed by atoms with van der Waals surface area (Å²) in [6.07, 6.45) is 4.76. The zero-order valence-electron chi connectivity index (χ0n) is 12.3. The maximum absolute atomic E-state index is 12.6. The molecule has 1 saturated carbocycles. The van der Waals surface area contributed by atoms with E-state index in [0.29, 0.717) is 12.5 Å².